The summed E-state index contributed by atoms with van der Waals surface area (Å²) in [6, 6.07) is 5.79. The number of aliphatic imine (C=N–C) groups is 1. The van der Waals surface area contributed by atoms with Gasteiger partial charge in [-0.25, -0.2) is 13.4 Å². The number of nitrogens with one attached hydrogen (secondary N) is 2. The van der Waals surface area contributed by atoms with Crippen molar-refractivity contribution in [3.63, 3.8) is 0 Å². The smallest absolute Gasteiger partial charge is 0.215 e. The molecule has 30 heavy (non-hydrogen) atoms. The second kappa shape index (κ2) is 14.8. The van der Waals surface area contributed by atoms with Gasteiger partial charge in [-0.3, -0.25) is 4.99 Å². The summed E-state index contributed by atoms with van der Waals surface area (Å²) in [5, 5.41) is 6.33. The standard InChI is InChI=1S/C20H36N6O2S.HI/c1-3-5-6-8-12-23-20(21-4-2)24-13-18-29(27,28)26-16-14-25(15-17-26)19-10-7-9-11-22-19;/h7,9-11H,3-6,8,12-18H2,1-2H3,(H2,21,23,24);1H. The van der Waals surface area contributed by atoms with E-state index in [1.54, 1.807) is 10.5 Å². The molecule has 0 aliphatic carbocycles. The topological polar surface area (TPSA) is 89.9 Å². The zero-order valence-electron chi connectivity index (χ0n) is 18.2. The number of hydrogen-bond acceptors (Lipinski definition) is 5. The Bertz CT molecular complexity index is 709. The Kier molecular flexibility index (Phi) is 13.3. The predicted octanol–water partition coefficient (Wildman–Crippen LogP) is 2.29. The maximum Gasteiger partial charge on any atom is 0.215 e. The number of rotatable bonds is 11. The van der Waals surface area contributed by atoms with Gasteiger partial charge in [0.15, 0.2) is 5.96 Å². The van der Waals surface area contributed by atoms with Gasteiger partial charge in [-0.05, 0) is 25.5 Å². The summed E-state index contributed by atoms with van der Waals surface area (Å²) < 4.78 is 27.0. The van der Waals surface area contributed by atoms with Crippen LogP contribution in [0.4, 0.5) is 5.82 Å². The SMILES string of the molecule is CCCCCCN=C(NCC)NCCS(=O)(=O)N1CCN(c2ccccn2)CC1.I. The number of guanidine groups is 1. The molecule has 0 unspecified atom stereocenters. The van der Waals surface area contributed by atoms with Crippen LogP contribution in [-0.4, -0.2) is 75.2 Å². The van der Waals surface area contributed by atoms with Crippen molar-refractivity contribution in [2.24, 2.45) is 4.99 Å². The highest BCUT2D eigenvalue weighted by molar-refractivity contribution is 14.0. The zero-order valence-corrected chi connectivity index (χ0v) is 21.4. The number of aromatic nitrogens is 1. The Balaban J connectivity index is 0.00000450. The third-order valence-electron chi connectivity index (χ3n) is 4.88. The minimum atomic E-state index is -3.29. The average molecular weight is 553 g/mol. The molecule has 2 rings (SSSR count). The van der Waals surface area contributed by atoms with Gasteiger partial charge in [0.25, 0.3) is 0 Å². The van der Waals surface area contributed by atoms with E-state index in [4.69, 9.17) is 0 Å². The third-order valence-corrected chi connectivity index (χ3v) is 6.76. The Morgan fingerprint density at radius 2 is 1.87 bits per heavy atom. The van der Waals surface area contributed by atoms with E-state index in [0.29, 0.717) is 38.7 Å². The molecule has 0 radical (unpaired) electrons. The first-order valence-electron chi connectivity index (χ1n) is 10.7. The maximum absolute atomic E-state index is 12.7. The number of pyridine rings is 1. The van der Waals surface area contributed by atoms with Crippen LogP contribution in [0.15, 0.2) is 29.4 Å². The molecule has 2 N–H and O–H groups in total. The first-order chi connectivity index (χ1) is 14.1. The highest BCUT2D eigenvalue weighted by Crippen LogP contribution is 2.14. The van der Waals surface area contributed by atoms with Gasteiger partial charge in [0.05, 0.1) is 5.75 Å². The van der Waals surface area contributed by atoms with Gasteiger partial charge < -0.3 is 15.5 Å². The molecule has 172 valence electrons. The lowest BCUT2D eigenvalue weighted by Crippen LogP contribution is -2.50. The van der Waals surface area contributed by atoms with Gasteiger partial charge in [-0.15, -0.1) is 24.0 Å². The van der Waals surface area contributed by atoms with Crippen LogP contribution in [0.3, 0.4) is 0 Å². The molecule has 1 fully saturated rings. The fourth-order valence-electron chi connectivity index (χ4n) is 3.23. The molecule has 2 heterocycles. The number of halogens is 1. The summed E-state index contributed by atoms with van der Waals surface area (Å²) in [4.78, 5) is 11.0. The van der Waals surface area contributed by atoms with Crippen molar-refractivity contribution in [1.82, 2.24) is 19.9 Å². The van der Waals surface area contributed by atoms with Gasteiger partial charge in [-0.2, -0.15) is 4.31 Å². The molecule has 10 heteroatoms. The van der Waals surface area contributed by atoms with Crippen LogP contribution in [0.1, 0.15) is 39.5 Å². The van der Waals surface area contributed by atoms with E-state index in [2.05, 4.69) is 32.4 Å². The molecule has 1 aliphatic heterocycles. The number of sulfonamides is 1. The first kappa shape index (κ1) is 26.9. The Labute approximate surface area is 199 Å². The van der Waals surface area contributed by atoms with Gasteiger partial charge in [-0.1, -0.05) is 32.3 Å². The van der Waals surface area contributed by atoms with E-state index >= 15 is 0 Å². The summed E-state index contributed by atoms with van der Waals surface area (Å²) in [6.07, 6.45) is 6.43. The summed E-state index contributed by atoms with van der Waals surface area (Å²) in [5.74, 6) is 1.66. The van der Waals surface area contributed by atoms with Crippen LogP contribution in [-0.2, 0) is 10.0 Å². The lowest BCUT2D eigenvalue weighted by atomic mass is 10.2. The molecule has 0 spiro atoms. The van der Waals surface area contributed by atoms with Crippen molar-refractivity contribution in [1.29, 1.82) is 0 Å². The fourth-order valence-corrected chi connectivity index (χ4v) is 4.57. The van der Waals surface area contributed by atoms with Crippen molar-refractivity contribution in [2.75, 3.05) is 56.5 Å². The van der Waals surface area contributed by atoms with E-state index in [-0.39, 0.29) is 29.7 Å². The maximum atomic E-state index is 12.7. The molecular weight excluding hydrogens is 515 g/mol. The van der Waals surface area contributed by atoms with Crippen LogP contribution in [0.2, 0.25) is 0 Å². The molecule has 0 amide bonds. The molecule has 0 atom stereocenters. The molecule has 0 bridgehead atoms. The number of hydrogen-bond donors (Lipinski definition) is 2. The van der Waals surface area contributed by atoms with E-state index in [1.807, 2.05) is 25.1 Å². The summed E-state index contributed by atoms with van der Waals surface area (Å²) in [7, 11) is -3.29. The predicted molar refractivity (Wildman–Crippen MR) is 135 cm³/mol. The average Bonchev–Trinajstić information content (AvgIpc) is 2.74. The minimum Gasteiger partial charge on any atom is -0.357 e. The zero-order chi connectivity index (χ0) is 21.0. The van der Waals surface area contributed by atoms with Crippen molar-refractivity contribution in [2.45, 2.75) is 39.5 Å². The van der Waals surface area contributed by atoms with Crippen molar-refractivity contribution >= 4 is 45.8 Å². The first-order valence-corrected chi connectivity index (χ1v) is 12.3. The van der Waals surface area contributed by atoms with Crippen molar-refractivity contribution in [3.8, 4) is 0 Å². The molecule has 1 saturated heterocycles. The monoisotopic (exact) mass is 552 g/mol. The number of nitrogens with zero attached hydrogens (tertiary/aromatic N) is 4. The quantitative estimate of drug-likeness (QED) is 0.190. The van der Waals surface area contributed by atoms with Crippen molar-refractivity contribution in [3.05, 3.63) is 24.4 Å². The largest absolute Gasteiger partial charge is 0.357 e. The second-order valence-corrected chi connectivity index (χ2v) is 9.23. The van der Waals surface area contributed by atoms with Crippen LogP contribution in [0, 0.1) is 0 Å². The van der Waals surface area contributed by atoms with E-state index in [1.165, 1.54) is 19.3 Å². The highest BCUT2D eigenvalue weighted by Gasteiger charge is 2.27. The molecule has 1 aliphatic rings. The Hall–Kier alpha value is -1.14. The van der Waals surface area contributed by atoms with Crippen LogP contribution < -0.4 is 15.5 Å². The normalized spacial score (nSPS) is 15.5. The second-order valence-electron chi connectivity index (χ2n) is 7.14. The van der Waals surface area contributed by atoms with Gasteiger partial charge in [0.2, 0.25) is 10.0 Å². The van der Waals surface area contributed by atoms with Crippen LogP contribution >= 0.6 is 24.0 Å². The fraction of sp³-hybridized carbons (Fsp3) is 0.700. The third kappa shape index (κ3) is 9.34. The summed E-state index contributed by atoms with van der Waals surface area (Å²) in [6.45, 7) is 8.36. The molecule has 0 saturated carbocycles. The van der Waals surface area contributed by atoms with E-state index in [0.717, 1.165) is 25.3 Å². The van der Waals surface area contributed by atoms with Crippen molar-refractivity contribution < 1.29 is 8.42 Å². The molecule has 1 aromatic heterocycles. The molecule has 1 aromatic rings. The summed E-state index contributed by atoms with van der Waals surface area (Å²) >= 11 is 0. The van der Waals surface area contributed by atoms with Crippen LogP contribution in [0.25, 0.3) is 0 Å². The summed E-state index contributed by atoms with van der Waals surface area (Å²) in [5.41, 5.74) is 0. The lowest BCUT2D eigenvalue weighted by Gasteiger charge is -2.34. The molecular formula is C20H37IN6O2S. The highest BCUT2D eigenvalue weighted by atomic mass is 127. The van der Waals surface area contributed by atoms with Gasteiger partial charge in [0.1, 0.15) is 5.82 Å². The van der Waals surface area contributed by atoms with E-state index < -0.39 is 10.0 Å². The Morgan fingerprint density at radius 3 is 2.50 bits per heavy atom. The minimum absolute atomic E-state index is 0. The number of unbranched alkanes of at least 4 members (excludes halogenated alkanes) is 3. The van der Waals surface area contributed by atoms with Gasteiger partial charge in [0, 0.05) is 52.0 Å². The molecule has 8 nitrogen and oxygen atoms in total. The van der Waals surface area contributed by atoms with Crippen LogP contribution in [0.5, 0.6) is 0 Å². The number of anilines is 1. The lowest BCUT2D eigenvalue weighted by molar-refractivity contribution is 0.384. The molecule has 0 aromatic carbocycles. The van der Waals surface area contributed by atoms with E-state index in [9.17, 15) is 8.42 Å². The Morgan fingerprint density at radius 1 is 1.10 bits per heavy atom. The van der Waals surface area contributed by atoms with Gasteiger partial charge >= 0.3 is 0 Å². The number of piperazine rings is 1.